The molecule has 0 spiro atoms. The second-order valence-electron chi connectivity index (χ2n) is 6.32. The van der Waals surface area contributed by atoms with E-state index in [1.165, 1.54) is 11.8 Å². The molecular formula is C19H17N5O2S. The number of aromatic nitrogens is 4. The normalized spacial score (nSPS) is 11.3. The second kappa shape index (κ2) is 6.55. The van der Waals surface area contributed by atoms with Gasteiger partial charge in [0.25, 0.3) is 5.56 Å². The quantitative estimate of drug-likeness (QED) is 0.549. The molecule has 27 heavy (non-hydrogen) atoms. The van der Waals surface area contributed by atoms with Gasteiger partial charge >= 0.3 is 0 Å². The Kier molecular flexibility index (Phi) is 4.19. The fraction of sp³-hybridized carbons (Fsp3) is 0.158. The van der Waals surface area contributed by atoms with Gasteiger partial charge in [0.05, 0.1) is 22.3 Å². The molecule has 4 aromatic rings. The molecule has 0 aliphatic heterocycles. The third-order valence-electron chi connectivity index (χ3n) is 4.34. The molecule has 0 unspecified atom stereocenters. The number of nitrogens with two attached hydrogens (primary N) is 1. The zero-order chi connectivity index (χ0) is 19.1. The van der Waals surface area contributed by atoms with Crippen LogP contribution in [0.15, 0.2) is 52.4 Å². The maximum absolute atomic E-state index is 13.3. The van der Waals surface area contributed by atoms with Crippen LogP contribution >= 0.6 is 11.8 Å². The molecule has 8 heteroatoms. The van der Waals surface area contributed by atoms with Gasteiger partial charge in [0.15, 0.2) is 5.16 Å². The van der Waals surface area contributed by atoms with Crippen molar-refractivity contribution in [1.29, 1.82) is 0 Å². The number of amides is 1. The standard InChI is InChI=1S/C19H17N5O2S/c1-11-7-8-12(2)15(9-11)23-17(26)13-5-3-4-6-14(13)24-18(23)21-22-19(24)27-10-16(20)25/h3-9H,10H2,1-2H3,(H2,20,25). The van der Waals surface area contributed by atoms with Crippen LogP contribution in [0.2, 0.25) is 0 Å². The predicted octanol–water partition coefficient (Wildman–Crippen LogP) is 2.23. The zero-order valence-electron chi connectivity index (χ0n) is 14.8. The zero-order valence-corrected chi connectivity index (χ0v) is 15.7. The number of benzene rings is 2. The van der Waals surface area contributed by atoms with Crippen molar-refractivity contribution in [3.63, 3.8) is 0 Å². The molecule has 0 fully saturated rings. The second-order valence-corrected chi connectivity index (χ2v) is 7.26. The number of thioether (sulfide) groups is 1. The highest BCUT2D eigenvalue weighted by Gasteiger charge is 2.19. The highest BCUT2D eigenvalue weighted by molar-refractivity contribution is 7.99. The van der Waals surface area contributed by atoms with E-state index in [9.17, 15) is 9.59 Å². The molecule has 2 N–H and O–H groups in total. The minimum atomic E-state index is -0.441. The molecule has 0 saturated heterocycles. The van der Waals surface area contributed by atoms with Crippen LogP contribution in [0.4, 0.5) is 0 Å². The van der Waals surface area contributed by atoms with Crippen molar-refractivity contribution in [3.8, 4) is 5.69 Å². The van der Waals surface area contributed by atoms with Gasteiger partial charge in [-0.25, -0.2) is 4.57 Å². The van der Waals surface area contributed by atoms with E-state index in [-0.39, 0.29) is 11.3 Å². The number of carbonyl (C=O) groups is 1. The van der Waals surface area contributed by atoms with Crippen molar-refractivity contribution in [2.45, 2.75) is 19.0 Å². The number of hydrogen-bond donors (Lipinski definition) is 1. The first-order valence-corrected chi connectivity index (χ1v) is 9.33. The number of carbonyl (C=O) groups excluding carboxylic acids is 1. The highest BCUT2D eigenvalue weighted by atomic mass is 32.2. The van der Waals surface area contributed by atoms with Gasteiger partial charge < -0.3 is 5.73 Å². The summed E-state index contributed by atoms with van der Waals surface area (Å²) in [5, 5.41) is 9.52. The van der Waals surface area contributed by atoms with E-state index in [1.54, 1.807) is 15.0 Å². The molecule has 1 amide bonds. The fourth-order valence-electron chi connectivity index (χ4n) is 3.09. The van der Waals surface area contributed by atoms with Gasteiger partial charge in [-0.05, 0) is 43.2 Å². The molecular weight excluding hydrogens is 362 g/mol. The van der Waals surface area contributed by atoms with Gasteiger partial charge in [0.2, 0.25) is 11.7 Å². The lowest BCUT2D eigenvalue weighted by atomic mass is 10.1. The average Bonchev–Trinajstić information content (AvgIpc) is 3.07. The average molecular weight is 379 g/mol. The summed E-state index contributed by atoms with van der Waals surface area (Å²) in [6, 6.07) is 13.2. The van der Waals surface area contributed by atoms with E-state index in [1.807, 2.05) is 50.2 Å². The Morgan fingerprint density at radius 3 is 2.70 bits per heavy atom. The predicted molar refractivity (Wildman–Crippen MR) is 105 cm³/mol. The topological polar surface area (TPSA) is 95.3 Å². The molecule has 0 aliphatic carbocycles. The summed E-state index contributed by atoms with van der Waals surface area (Å²) < 4.78 is 3.37. The van der Waals surface area contributed by atoms with Crippen molar-refractivity contribution in [2.75, 3.05) is 5.75 Å². The molecule has 0 atom stereocenters. The van der Waals surface area contributed by atoms with Gasteiger partial charge in [0.1, 0.15) is 0 Å². The molecule has 4 rings (SSSR count). The summed E-state index contributed by atoms with van der Waals surface area (Å²) >= 11 is 1.20. The number of nitrogens with zero attached hydrogens (tertiary/aromatic N) is 4. The lowest BCUT2D eigenvalue weighted by Gasteiger charge is -2.13. The van der Waals surface area contributed by atoms with Gasteiger partial charge in [-0.1, -0.05) is 36.0 Å². The Morgan fingerprint density at radius 1 is 1.15 bits per heavy atom. The van der Waals surface area contributed by atoms with Crippen molar-refractivity contribution in [1.82, 2.24) is 19.2 Å². The first-order valence-electron chi connectivity index (χ1n) is 8.35. The summed E-state index contributed by atoms with van der Waals surface area (Å²) in [5.41, 5.74) is 8.55. The lowest BCUT2D eigenvalue weighted by Crippen LogP contribution is -2.22. The molecule has 2 heterocycles. The number of primary amides is 1. The summed E-state index contributed by atoms with van der Waals surface area (Å²) in [5.74, 6) is 0.0424. The van der Waals surface area contributed by atoms with Crippen molar-refractivity contribution in [2.24, 2.45) is 5.73 Å². The van der Waals surface area contributed by atoms with Crippen LogP contribution < -0.4 is 11.3 Å². The maximum Gasteiger partial charge on any atom is 0.267 e. The van der Waals surface area contributed by atoms with E-state index < -0.39 is 5.91 Å². The molecule has 0 saturated carbocycles. The van der Waals surface area contributed by atoms with Crippen LogP contribution in [0.25, 0.3) is 22.4 Å². The molecule has 136 valence electrons. The van der Waals surface area contributed by atoms with E-state index in [4.69, 9.17) is 5.73 Å². The molecule has 0 bridgehead atoms. The van der Waals surface area contributed by atoms with Crippen LogP contribution in [0.3, 0.4) is 0 Å². The first kappa shape index (κ1) is 17.3. The first-order chi connectivity index (χ1) is 13.0. The van der Waals surface area contributed by atoms with Gasteiger partial charge in [-0.3, -0.25) is 14.0 Å². The molecule has 2 aromatic heterocycles. The van der Waals surface area contributed by atoms with Crippen LogP contribution in [0, 0.1) is 13.8 Å². The van der Waals surface area contributed by atoms with Gasteiger partial charge in [0, 0.05) is 0 Å². The Hall–Kier alpha value is -3.13. The fourth-order valence-corrected chi connectivity index (χ4v) is 3.76. The van der Waals surface area contributed by atoms with Gasteiger partial charge in [-0.15, -0.1) is 10.2 Å². The van der Waals surface area contributed by atoms with Crippen molar-refractivity contribution in [3.05, 3.63) is 63.9 Å². The maximum atomic E-state index is 13.3. The largest absolute Gasteiger partial charge is 0.369 e. The van der Waals surface area contributed by atoms with E-state index >= 15 is 0 Å². The summed E-state index contributed by atoms with van der Waals surface area (Å²) in [7, 11) is 0. The van der Waals surface area contributed by atoms with Crippen LogP contribution in [0.5, 0.6) is 0 Å². The minimum absolute atomic E-state index is 0.0811. The number of hydrogen-bond acceptors (Lipinski definition) is 5. The van der Waals surface area contributed by atoms with E-state index in [0.717, 1.165) is 16.8 Å². The molecule has 2 aromatic carbocycles. The van der Waals surface area contributed by atoms with Crippen LogP contribution in [-0.4, -0.2) is 30.8 Å². The third kappa shape index (κ3) is 2.87. The SMILES string of the molecule is Cc1ccc(C)c(-n2c(=O)c3ccccc3n3c(SCC(N)=O)nnc23)c1. The van der Waals surface area contributed by atoms with Crippen molar-refractivity contribution < 1.29 is 4.79 Å². The lowest BCUT2D eigenvalue weighted by molar-refractivity contribution is -0.115. The van der Waals surface area contributed by atoms with Crippen LogP contribution in [-0.2, 0) is 4.79 Å². The van der Waals surface area contributed by atoms with Crippen molar-refractivity contribution >= 4 is 34.3 Å². The summed E-state index contributed by atoms with van der Waals surface area (Å²) in [6.07, 6.45) is 0. The Balaban J connectivity index is 2.12. The monoisotopic (exact) mass is 379 g/mol. The van der Waals surface area contributed by atoms with E-state index in [2.05, 4.69) is 10.2 Å². The smallest absolute Gasteiger partial charge is 0.267 e. The Labute approximate surface area is 158 Å². The highest BCUT2D eigenvalue weighted by Crippen LogP contribution is 2.24. The third-order valence-corrected chi connectivity index (χ3v) is 5.30. The van der Waals surface area contributed by atoms with Crippen LogP contribution in [0.1, 0.15) is 11.1 Å². The van der Waals surface area contributed by atoms with Gasteiger partial charge in [-0.2, -0.15) is 0 Å². The number of rotatable bonds is 4. The Bertz CT molecular complexity index is 1260. The number of para-hydroxylation sites is 1. The number of aryl methyl sites for hydroxylation is 2. The Morgan fingerprint density at radius 2 is 1.93 bits per heavy atom. The summed E-state index contributed by atoms with van der Waals surface area (Å²) in [4.78, 5) is 24.5. The number of fused-ring (bicyclic) bond motifs is 3. The molecule has 0 aliphatic rings. The summed E-state index contributed by atoms with van der Waals surface area (Å²) in [6.45, 7) is 3.93. The minimum Gasteiger partial charge on any atom is -0.369 e. The molecule has 0 radical (unpaired) electrons. The van der Waals surface area contributed by atoms with E-state index in [0.29, 0.717) is 21.8 Å². The molecule has 7 nitrogen and oxygen atoms in total.